The number of carbonyl (C=O) groups excluding carboxylic acids is 2. The zero-order valence-electron chi connectivity index (χ0n) is 12.8. The number of ether oxygens (including phenoxy) is 2. The molecule has 20 heavy (non-hydrogen) atoms. The third kappa shape index (κ3) is 2.22. The molecule has 0 bridgehead atoms. The summed E-state index contributed by atoms with van der Waals surface area (Å²) in [5.41, 5.74) is -0.261. The first-order valence-corrected chi connectivity index (χ1v) is 6.83. The molecule has 1 saturated heterocycles. The molecule has 2 fully saturated rings. The van der Waals surface area contributed by atoms with Crippen molar-refractivity contribution in [2.45, 2.75) is 51.7 Å². The molecule has 2 atom stereocenters. The second-order valence-electron chi connectivity index (χ2n) is 6.59. The van der Waals surface area contributed by atoms with Crippen molar-refractivity contribution in [3.8, 4) is 0 Å². The summed E-state index contributed by atoms with van der Waals surface area (Å²) in [6.07, 6.45) is 6.29. The molecule has 110 valence electrons. The number of carbonyl (C=O) groups is 2. The number of fused-ring (bicyclic) bond motifs is 1. The summed E-state index contributed by atoms with van der Waals surface area (Å²) in [5.74, 6) is -0.122. The quantitative estimate of drug-likeness (QED) is 0.344. The molecule has 1 aliphatic carbocycles. The van der Waals surface area contributed by atoms with Crippen molar-refractivity contribution in [2.24, 2.45) is 5.41 Å². The van der Waals surface area contributed by atoms with Crippen LogP contribution in [0.1, 0.15) is 40.5 Å². The number of allylic oxidation sites excluding steroid dienone is 2. The highest BCUT2D eigenvalue weighted by molar-refractivity contribution is 5.84. The highest BCUT2D eigenvalue weighted by Crippen LogP contribution is 2.65. The summed E-state index contributed by atoms with van der Waals surface area (Å²) in [4.78, 5) is 23.0. The van der Waals surface area contributed by atoms with E-state index in [1.165, 1.54) is 13.2 Å². The van der Waals surface area contributed by atoms with E-state index in [4.69, 9.17) is 4.74 Å². The highest BCUT2D eigenvalue weighted by atomic mass is 16.6. The minimum Gasteiger partial charge on any atom is -0.466 e. The van der Waals surface area contributed by atoms with E-state index in [0.29, 0.717) is 12.8 Å². The first kappa shape index (κ1) is 15.0. The van der Waals surface area contributed by atoms with E-state index < -0.39 is 11.2 Å². The standard InChI is InChI=1S/C16H22O4/c1-11(8-13(18)19-5)6-7-16-14(2,3)9-12(17)10-15(16,4)20-16/h6-8H,9-10H2,1-5H3/b7-6+,11-8+. The van der Waals surface area contributed by atoms with Crippen molar-refractivity contribution in [3.05, 3.63) is 23.8 Å². The molecule has 0 aromatic carbocycles. The number of epoxide rings is 1. The zero-order chi connectivity index (χ0) is 15.2. The summed E-state index contributed by atoms with van der Waals surface area (Å²) < 4.78 is 10.6. The normalized spacial score (nSPS) is 35.9. The van der Waals surface area contributed by atoms with Gasteiger partial charge in [-0.2, -0.15) is 0 Å². The third-order valence-electron chi connectivity index (χ3n) is 4.44. The molecule has 0 aromatic rings. The van der Waals surface area contributed by atoms with E-state index in [0.717, 1.165) is 5.57 Å². The van der Waals surface area contributed by atoms with Crippen LogP contribution in [-0.2, 0) is 19.1 Å². The van der Waals surface area contributed by atoms with Crippen molar-refractivity contribution in [3.63, 3.8) is 0 Å². The average molecular weight is 278 g/mol. The van der Waals surface area contributed by atoms with Crippen molar-refractivity contribution < 1.29 is 19.1 Å². The van der Waals surface area contributed by atoms with Crippen LogP contribution in [0.4, 0.5) is 0 Å². The van der Waals surface area contributed by atoms with Gasteiger partial charge in [0.25, 0.3) is 0 Å². The first-order valence-electron chi connectivity index (χ1n) is 6.83. The van der Waals surface area contributed by atoms with Gasteiger partial charge in [-0.25, -0.2) is 4.79 Å². The fourth-order valence-electron chi connectivity index (χ4n) is 3.39. The SMILES string of the molecule is COC(=O)/C=C(C)/C=C/C12OC1(C)CC(=O)CC2(C)C. The van der Waals surface area contributed by atoms with Gasteiger partial charge >= 0.3 is 5.97 Å². The van der Waals surface area contributed by atoms with Crippen LogP contribution in [0, 0.1) is 5.41 Å². The minimum absolute atomic E-state index is 0.237. The molecule has 2 aliphatic rings. The predicted octanol–water partition coefficient (Wildman–Crippen LogP) is 2.58. The van der Waals surface area contributed by atoms with Crippen molar-refractivity contribution in [1.29, 1.82) is 0 Å². The molecule has 0 spiro atoms. The second kappa shape index (κ2) is 4.55. The lowest BCUT2D eigenvalue weighted by Gasteiger charge is -2.35. The molecule has 1 heterocycles. The van der Waals surface area contributed by atoms with Gasteiger partial charge < -0.3 is 9.47 Å². The van der Waals surface area contributed by atoms with Crippen LogP contribution in [0.2, 0.25) is 0 Å². The van der Waals surface area contributed by atoms with E-state index in [-0.39, 0.29) is 17.2 Å². The number of ketones is 1. The lowest BCUT2D eigenvalue weighted by Crippen LogP contribution is -2.44. The molecule has 0 amide bonds. The van der Waals surface area contributed by atoms with Crippen LogP contribution in [0.5, 0.6) is 0 Å². The van der Waals surface area contributed by atoms with Crippen LogP contribution in [-0.4, -0.2) is 30.1 Å². The van der Waals surface area contributed by atoms with Gasteiger partial charge in [-0.05, 0) is 25.5 Å². The molecule has 0 radical (unpaired) electrons. The number of methoxy groups -OCH3 is 1. The van der Waals surface area contributed by atoms with Gasteiger partial charge in [-0.15, -0.1) is 0 Å². The second-order valence-corrected chi connectivity index (χ2v) is 6.59. The number of rotatable bonds is 3. The fourth-order valence-corrected chi connectivity index (χ4v) is 3.39. The first-order chi connectivity index (χ1) is 9.16. The van der Waals surface area contributed by atoms with Gasteiger partial charge in [0.1, 0.15) is 17.0 Å². The maximum Gasteiger partial charge on any atom is 0.330 e. The van der Waals surface area contributed by atoms with E-state index in [2.05, 4.69) is 18.6 Å². The number of hydrogen-bond acceptors (Lipinski definition) is 4. The predicted molar refractivity (Wildman–Crippen MR) is 75.2 cm³/mol. The monoisotopic (exact) mass is 278 g/mol. The molecular weight excluding hydrogens is 256 g/mol. The Kier molecular flexibility index (Phi) is 3.41. The molecule has 2 unspecified atom stereocenters. The largest absolute Gasteiger partial charge is 0.466 e. The maximum absolute atomic E-state index is 11.8. The molecule has 0 N–H and O–H groups in total. The zero-order valence-corrected chi connectivity index (χ0v) is 12.8. The Balaban J connectivity index is 2.23. The van der Waals surface area contributed by atoms with Crippen LogP contribution in [0.3, 0.4) is 0 Å². The smallest absolute Gasteiger partial charge is 0.330 e. The average Bonchev–Trinajstić information content (AvgIpc) is 2.92. The van der Waals surface area contributed by atoms with Crippen LogP contribution in [0.25, 0.3) is 0 Å². The molecule has 4 nitrogen and oxygen atoms in total. The molecular formula is C16H22O4. The Morgan fingerprint density at radius 2 is 1.95 bits per heavy atom. The van der Waals surface area contributed by atoms with Gasteiger partial charge in [-0.1, -0.05) is 19.9 Å². The lowest BCUT2D eigenvalue weighted by molar-refractivity contribution is -0.134. The van der Waals surface area contributed by atoms with Crippen LogP contribution < -0.4 is 0 Å². The third-order valence-corrected chi connectivity index (χ3v) is 4.44. The van der Waals surface area contributed by atoms with Crippen molar-refractivity contribution >= 4 is 11.8 Å². The summed E-state index contributed by atoms with van der Waals surface area (Å²) in [6, 6.07) is 0. The summed E-state index contributed by atoms with van der Waals surface area (Å²) in [6.45, 7) is 7.93. The van der Waals surface area contributed by atoms with Gasteiger partial charge in [0.05, 0.1) is 7.11 Å². The van der Waals surface area contributed by atoms with Crippen LogP contribution in [0.15, 0.2) is 23.8 Å². The topological polar surface area (TPSA) is 55.9 Å². The molecule has 1 aliphatic heterocycles. The van der Waals surface area contributed by atoms with Gasteiger partial charge in [-0.3, -0.25) is 4.79 Å². The van der Waals surface area contributed by atoms with E-state index >= 15 is 0 Å². The van der Waals surface area contributed by atoms with E-state index in [1.54, 1.807) is 0 Å². The number of esters is 1. The van der Waals surface area contributed by atoms with Crippen LogP contribution >= 0.6 is 0 Å². The van der Waals surface area contributed by atoms with Crippen molar-refractivity contribution in [2.75, 3.05) is 7.11 Å². The minimum atomic E-state index is -0.418. The van der Waals surface area contributed by atoms with Gasteiger partial charge in [0.2, 0.25) is 0 Å². The molecule has 1 saturated carbocycles. The Hall–Kier alpha value is -1.42. The Bertz CT molecular complexity index is 515. The van der Waals surface area contributed by atoms with Gasteiger partial charge in [0.15, 0.2) is 0 Å². The molecule has 2 rings (SSSR count). The summed E-state index contributed by atoms with van der Waals surface area (Å²) in [7, 11) is 1.35. The fraction of sp³-hybridized carbons (Fsp3) is 0.625. The number of Topliss-reactive ketones (excluding diaryl/α,β-unsaturated/α-hetero) is 1. The van der Waals surface area contributed by atoms with Crippen molar-refractivity contribution in [1.82, 2.24) is 0 Å². The summed E-state index contributed by atoms with van der Waals surface area (Å²) in [5, 5.41) is 0. The van der Waals surface area contributed by atoms with E-state index in [9.17, 15) is 9.59 Å². The highest BCUT2D eigenvalue weighted by Gasteiger charge is 2.74. The Morgan fingerprint density at radius 3 is 2.50 bits per heavy atom. The lowest BCUT2D eigenvalue weighted by atomic mass is 9.63. The molecule has 0 aromatic heterocycles. The summed E-state index contributed by atoms with van der Waals surface area (Å²) >= 11 is 0. The number of hydrogen-bond donors (Lipinski definition) is 0. The maximum atomic E-state index is 11.8. The van der Waals surface area contributed by atoms with Gasteiger partial charge in [0, 0.05) is 24.3 Å². The Labute approximate surface area is 119 Å². The molecule has 4 heteroatoms. The Morgan fingerprint density at radius 1 is 1.30 bits per heavy atom. The van der Waals surface area contributed by atoms with E-state index in [1.807, 2.05) is 26.0 Å².